The van der Waals surface area contributed by atoms with E-state index in [4.69, 9.17) is 9.31 Å². The standard InChI is InChI=1S/C18H24BNO2/c1-17(2)18(3,4)22-19(21-17)15-11-12-16(20(5)6)14-10-8-7-9-13(14)15/h7-12H,1-6H3. The van der Waals surface area contributed by atoms with Crippen molar-refractivity contribution in [2.75, 3.05) is 19.0 Å². The summed E-state index contributed by atoms with van der Waals surface area (Å²) in [6.07, 6.45) is 0. The molecule has 0 bridgehead atoms. The van der Waals surface area contributed by atoms with Crippen LogP contribution in [-0.2, 0) is 9.31 Å². The van der Waals surface area contributed by atoms with Gasteiger partial charge in [-0.3, -0.25) is 0 Å². The molecule has 1 heterocycles. The lowest BCUT2D eigenvalue weighted by Crippen LogP contribution is -2.41. The van der Waals surface area contributed by atoms with Crippen LogP contribution < -0.4 is 10.4 Å². The van der Waals surface area contributed by atoms with Crippen molar-refractivity contribution in [3.05, 3.63) is 36.4 Å². The SMILES string of the molecule is CN(C)c1ccc(B2OC(C)(C)C(C)(C)O2)c2ccccc12. The first kappa shape index (κ1) is 15.4. The molecule has 1 aliphatic rings. The molecule has 3 rings (SSSR count). The fourth-order valence-electron chi connectivity index (χ4n) is 2.87. The molecule has 1 aliphatic heterocycles. The van der Waals surface area contributed by atoms with Crippen LogP contribution in [0.2, 0.25) is 0 Å². The summed E-state index contributed by atoms with van der Waals surface area (Å²) < 4.78 is 12.4. The lowest BCUT2D eigenvalue weighted by molar-refractivity contribution is 0.00578. The Bertz CT molecular complexity index is 693. The molecule has 0 N–H and O–H groups in total. The Labute approximate surface area is 133 Å². The molecule has 0 saturated carbocycles. The van der Waals surface area contributed by atoms with Crippen LogP contribution in [0.15, 0.2) is 36.4 Å². The molecule has 0 atom stereocenters. The van der Waals surface area contributed by atoms with E-state index < -0.39 is 0 Å². The number of nitrogens with zero attached hydrogens (tertiary/aromatic N) is 1. The number of hydrogen-bond acceptors (Lipinski definition) is 3. The second-order valence-corrected chi connectivity index (χ2v) is 7.20. The Balaban J connectivity index is 2.12. The van der Waals surface area contributed by atoms with E-state index >= 15 is 0 Å². The zero-order chi connectivity index (χ0) is 16.1. The Morgan fingerprint density at radius 2 is 1.36 bits per heavy atom. The van der Waals surface area contributed by atoms with Gasteiger partial charge >= 0.3 is 7.12 Å². The molecule has 1 fully saturated rings. The maximum atomic E-state index is 6.22. The van der Waals surface area contributed by atoms with Crippen LogP contribution in [0.1, 0.15) is 27.7 Å². The first-order valence-corrected chi connectivity index (χ1v) is 7.77. The third-order valence-electron chi connectivity index (χ3n) is 4.92. The minimum atomic E-state index is -0.328. The number of anilines is 1. The lowest BCUT2D eigenvalue weighted by Gasteiger charge is -2.32. The van der Waals surface area contributed by atoms with E-state index in [1.165, 1.54) is 16.5 Å². The van der Waals surface area contributed by atoms with Crippen molar-refractivity contribution >= 4 is 29.0 Å². The van der Waals surface area contributed by atoms with Crippen molar-refractivity contribution in [2.24, 2.45) is 0 Å². The van der Waals surface area contributed by atoms with Crippen molar-refractivity contribution in [3.63, 3.8) is 0 Å². The van der Waals surface area contributed by atoms with Gasteiger partial charge in [-0.05, 0) is 44.6 Å². The van der Waals surface area contributed by atoms with Gasteiger partial charge in [-0.15, -0.1) is 0 Å². The Morgan fingerprint density at radius 3 is 1.91 bits per heavy atom. The van der Waals surface area contributed by atoms with Gasteiger partial charge in [0.05, 0.1) is 11.2 Å². The van der Waals surface area contributed by atoms with E-state index in [9.17, 15) is 0 Å². The van der Waals surface area contributed by atoms with E-state index in [0.29, 0.717) is 0 Å². The second kappa shape index (κ2) is 5.00. The van der Waals surface area contributed by atoms with E-state index in [1.54, 1.807) is 0 Å². The summed E-state index contributed by atoms with van der Waals surface area (Å²) in [6, 6.07) is 12.7. The quantitative estimate of drug-likeness (QED) is 0.795. The van der Waals surface area contributed by atoms with Crippen molar-refractivity contribution in [2.45, 2.75) is 38.9 Å². The van der Waals surface area contributed by atoms with Gasteiger partial charge in [0.2, 0.25) is 0 Å². The fraction of sp³-hybridized carbons (Fsp3) is 0.444. The monoisotopic (exact) mass is 297 g/mol. The van der Waals surface area contributed by atoms with Gasteiger partial charge in [-0.1, -0.05) is 30.3 Å². The molecule has 0 radical (unpaired) electrons. The van der Waals surface area contributed by atoms with Crippen molar-refractivity contribution in [3.8, 4) is 0 Å². The van der Waals surface area contributed by atoms with Crippen molar-refractivity contribution < 1.29 is 9.31 Å². The van der Waals surface area contributed by atoms with E-state index in [0.717, 1.165) is 5.46 Å². The summed E-state index contributed by atoms with van der Waals surface area (Å²) in [5.41, 5.74) is 1.66. The summed E-state index contributed by atoms with van der Waals surface area (Å²) >= 11 is 0. The summed E-state index contributed by atoms with van der Waals surface area (Å²) in [5.74, 6) is 0. The highest BCUT2D eigenvalue weighted by molar-refractivity contribution is 6.65. The average Bonchev–Trinajstić information content (AvgIpc) is 2.65. The summed E-state index contributed by atoms with van der Waals surface area (Å²) in [7, 11) is 3.80. The number of fused-ring (bicyclic) bond motifs is 1. The molecule has 3 nitrogen and oxygen atoms in total. The van der Waals surface area contributed by atoms with E-state index in [1.807, 2.05) is 0 Å². The minimum Gasteiger partial charge on any atom is -0.399 e. The molecule has 0 unspecified atom stereocenters. The molecule has 116 valence electrons. The van der Waals surface area contributed by atoms with Gasteiger partial charge in [0.1, 0.15) is 0 Å². The molecule has 22 heavy (non-hydrogen) atoms. The highest BCUT2D eigenvalue weighted by atomic mass is 16.7. The highest BCUT2D eigenvalue weighted by Gasteiger charge is 2.52. The van der Waals surface area contributed by atoms with Crippen molar-refractivity contribution in [1.82, 2.24) is 0 Å². The predicted molar refractivity (Wildman–Crippen MR) is 94.0 cm³/mol. The summed E-state index contributed by atoms with van der Waals surface area (Å²) in [5, 5.41) is 2.41. The number of rotatable bonds is 2. The van der Waals surface area contributed by atoms with Gasteiger partial charge in [-0.25, -0.2) is 0 Å². The number of hydrogen-bond donors (Lipinski definition) is 0. The molecular formula is C18H24BNO2. The Morgan fingerprint density at radius 1 is 0.818 bits per heavy atom. The van der Waals surface area contributed by atoms with Gasteiger partial charge < -0.3 is 14.2 Å². The molecule has 2 aromatic rings. The maximum absolute atomic E-state index is 6.22. The first-order chi connectivity index (χ1) is 10.2. The third kappa shape index (κ3) is 2.31. The highest BCUT2D eigenvalue weighted by Crippen LogP contribution is 2.37. The molecule has 2 aromatic carbocycles. The van der Waals surface area contributed by atoms with E-state index in [-0.39, 0.29) is 18.3 Å². The van der Waals surface area contributed by atoms with Crippen LogP contribution in [0.25, 0.3) is 10.8 Å². The Hall–Kier alpha value is -1.52. The minimum absolute atomic E-state index is 0.320. The van der Waals surface area contributed by atoms with Gasteiger partial charge in [0, 0.05) is 25.2 Å². The summed E-state index contributed by atoms with van der Waals surface area (Å²) in [4.78, 5) is 2.14. The second-order valence-electron chi connectivity index (χ2n) is 7.20. The van der Waals surface area contributed by atoms with Crippen LogP contribution in [0.4, 0.5) is 5.69 Å². The normalized spacial score (nSPS) is 19.6. The van der Waals surface area contributed by atoms with Gasteiger partial charge in [0.25, 0.3) is 0 Å². The molecular weight excluding hydrogens is 273 g/mol. The first-order valence-electron chi connectivity index (χ1n) is 7.77. The molecule has 1 saturated heterocycles. The third-order valence-corrected chi connectivity index (χ3v) is 4.92. The van der Waals surface area contributed by atoms with Gasteiger partial charge in [0.15, 0.2) is 0 Å². The van der Waals surface area contributed by atoms with Gasteiger partial charge in [-0.2, -0.15) is 0 Å². The molecule has 0 aliphatic carbocycles. The predicted octanol–water partition coefficient (Wildman–Crippen LogP) is 3.21. The van der Waals surface area contributed by atoms with Crippen LogP contribution in [-0.4, -0.2) is 32.4 Å². The molecule has 0 spiro atoms. The lowest BCUT2D eigenvalue weighted by atomic mass is 9.76. The zero-order valence-corrected chi connectivity index (χ0v) is 14.3. The van der Waals surface area contributed by atoms with Crippen LogP contribution >= 0.6 is 0 Å². The average molecular weight is 297 g/mol. The van der Waals surface area contributed by atoms with Crippen LogP contribution in [0, 0.1) is 0 Å². The molecule has 0 amide bonds. The van der Waals surface area contributed by atoms with Crippen LogP contribution in [0.3, 0.4) is 0 Å². The van der Waals surface area contributed by atoms with E-state index in [2.05, 4.69) is 83.1 Å². The number of benzene rings is 2. The fourth-order valence-corrected chi connectivity index (χ4v) is 2.87. The smallest absolute Gasteiger partial charge is 0.399 e. The molecule has 0 aromatic heterocycles. The molecule has 4 heteroatoms. The van der Waals surface area contributed by atoms with Crippen LogP contribution in [0.5, 0.6) is 0 Å². The zero-order valence-electron chi connectivity index (χ0n) is 14.3. The largest absolute Gasteiger partial charge is 0.495 e. The maximum Gasteiger partial charge on any atom is 0.495 e. The van der Waals surface area contributed by atoms with Crippen molar-refractivity contribution in [1.29, 1.82) is 0 Å². The topological polar surface area (TPSA) is 21.7 Å². The summed E-state index contributed by atoms with van der Waals surface area (Å²) in [6.45, 7) is 8.35. The Kier molecular flexibility index (Phi) is 3.50.